The first kappa shape index (κ1) is 8.97. The van der Waals surface area contributed by atoms with Crippen LogP contribution in [0.25, 0.3) is 0 Å². The second-order valence-corrected chi connectivity index (χ2v) is 3.31. The van der Waals surface area contributed by atoms with Crippen molar-refractivity contribution in [2.75, 3.05) is 19.6 Å². The van der Waals surface area contributed by atoms with E-state index in [1.54, 1.807) is 0 Å². The Kier molecular flexibility index (Phi) is 3.30. The Labute approximate surface area is 68.5 Å². The maximum atomic E-state index is 11.6. The SMILES string of the molecule is CCCCC[N+]1([O-])CCCN1. The number of hydrogen-bond acceptors (Lipinski definition) is 2. The third kappa shape index (κ3) is 2.77. The van der Waals surface area contributed by atoms with Gasteiger partial charge < -0.3 is 5.21 Å². The fraction of sp³-hybridized carbons (Fsp3) is 1.00. The van der Waals surface area contributed by atoms with Crippen LogP contribution in [-0.2, 0) is 0 Å². The summed E-state index contributed by atoms with van der Waals surface area (Å²) in [4.78, 5) is 0. The lowest BCUT2D eigenvalue weighted by atomic mass is 10.2. The normalized spacial score (nSPS) is 31.1. The lowest BCUT2D eigenvalue weighted by Crippen LogP contribution is -2.48. The highest BCUT2D eigenvalue weighted by atomic mass is 16.6. The Morgan fingerprint density at radius 3 is 2.82 bits per heavy atom. The molecule has 1 fully saturated rings. The summed E-state index contributed by atoms with van der Waals surface area (Å²) < 4.78 is -0.139. The van der Waals surface area contributed by atoms with Crippen LogP contribution in [0.4, 0.5) is 0 Å². The van der Waals surface area contributed by atoms with Gasteiger partial charge >= 0.3 is 0 Å². The number of hydroxylamine groups is 2. The van der Waals surface area contributed by atoms with Gasteiger partial charge in [-0.1, -0.05) is 13.3 Å². The van der Waals surface area contributed by atoms with Crippen LogP contribution in [0, 0.1) is 5.21 Å². The molecule has 0 aromatic heterocycles. The molecule has 66 valence electrons. The van der Waals surface area contributed by atoms with E-state index >= 15 is 0 Å². The van der Waals surface area contributed by atoms with Gasteiger partial charge in [0.25, 0.3) is 0 Å². The van der Waals surface area contributed by atoms with E-state index in [0.29, 0.717) is 0 Å². The summed E-state index contributed by atoms with van der Waals surface area (Å²) in [5, 5.41) is 11.6. The molecule has 1 aliphatic heterocycles. The highest BCUT2D eigenvalue weighted by Crippen LogP contribution is 2.10. The minimum atomic E-state index is -0.139. The topological polar surface area (TPSA) is 35.1 Å². The predicted octanol–water partition coefficient (Wildman–Crippen LogP) is 1.40. The summed E-state index contributed by atoms with van der Waals surface area (Å²) in [7, 11) is 0. The minimum absolute atomic E-state index is 0.139. The molecule has 1 N–H and O–H groups in total. The summed E-state index contributed by atoms with van der Waals surface area (Å²) in [5.74, 6) is 0. The molecule has 0 amide bonds. The quantitative estimate of drug-likeness (QED) is 0.381. The number of nitrogens with one attached hydrogen (secondary N) is 1. The van der Waals surface area contributed by atoms with Crippen LogP contribution in [0.2, 0.25) is 0 Å². The van der Waals surface area contributed by atoms with Crippen molar-refractivity contribution in [1.82, 2.24) is 5.43 Å². The molecule has 3 nitrogen and oxygen atoms in total. The summed E-state index contributed by atoms with van der Waals surface area (Å²) in [6.45, 7) is 4.58. The molecule has 0 aliphatic carbocycles. The van der Waals surface area contributed by atoms with Crippen molar-refractivity contribution < 1.29 is 4.76 Å². The van der Waals surface area contributed by atoms with Crippen LogP contribution in [0.3, 0.4) is 0 Å². The van der Waals surface area contributed by atoms with Gasteiger partial charge in [0, 0.05) is 6.42 Å². The largest absolute Gasteiger partial charge is 0.612 e. The Balaban J connectivity index is 2.13. The fourth-order valence-corrected chi connectivity index (χ4v) is 1.50. The van der Waals surface area contributed by atoms with Crippen LogP contribution in [-0.4, -0.2) is 24.4 Å². The molecule has 3 heteroatoms. The molecule has 0 aromatic carbocycles. The molecule has 1 saturated heterocycles. The molecule has 1 unspecified atom stereocenters. The maximum absolute atomic E-state index is 11.6. The number of unbranched alkanes of at least 4 members (excludes halogenated alkanes) is 2. The first-order chi connectivity index (χ1) is 5.27. The second-order valence-electron chi connectivity index (χ2n) is 3.31. The van der Waals surface area contributed by atoms with E-state index in [4.69, 9.17) is 0 Å². The van der Waals surface area contributed by atoms with Gasteiger partial charge in [-0.25, -0.2) is 0 Å². The predicted molar refractivity (Wildman–Crippen MR) is 45.5 cm³/mol. The van der Waals surface area contributed by atoms with Crippen LogP contribution < -0.4 is 5.43 Å². The van der Waals surface area contributed by atoms with Crippen LogP contribution in [0.15, 0.2) is 0 Å². The van der Waals surface area contributed by atoms with E-state index in [9.17, 15) is 5.21 Å². The molecule has 1 heterocycles. The van der Waals surface area contributed by atoms with Crippen molar-refractivity contribution in [1.29, 1.82) is 0 Å². The Morgan fingerprint density at radius 1 is 1.45 bits per heavy atom. The van der Waals surface area contributed by atoms with Gasteiger partial charge in [-0.05, 0) is 12.8 Å². The maximum Gasteiger partial charge on any atom is 0.0974 e. The van der Waals surface area contributed by atoms with Gasteiger partial charge in [0.05, 0.1) is 19.6 Å². The van der Waals surface area contributed by atoms with E-state index in [-0.39, 0.29) is 4.76 Å². The monoisotopic (exact) mass is 158 g/mol. The zero-order chi connectivity index (χ0) is 8.16. The Morgan fingerprint density at radius 2 is 2.27 bits per heavy atom. The molecule has 1 atom stereocenters. The number of hydrogen-bond donors (Lipinski definition) is 1. The molecule has 1 rings (SSSR count). The number of rotatable bonds is 4. The smallest absolute Gasteiger partial charge is 0.0974 e. The van der Waals surface area contributed by atoms with Crippen LogP contribution >= 0.6 is 0 Å². The lowest BCUT2D eigenvalue weighted by Gasteiger charge is -2.36. The summed E-state index contributed by atoms with van der Waals surface area (Å²) in [5.41, 5.74) is 2.97. The first-order valence-corrected chi connectivity index (χ1v) is 4.60. The molecule has 0 bridgehead atoms. The average molecular weight is 158 g/mol. The second kappa shape index (κ2) is 4.04. The first-order valence-electron chi connectivity index (χ1n) is 4.60. The van der Waals surface area contributed by atoms with Gasteiger partial charge in [-0.15, -0.1) is 0 Å². The van der Waals surface area contributed by atoms with Gasteiger partial charge in [0.15, 0.2) is 0 Å². The molecular formula is C8H18N2O. The van der Waals surface area contributed by atoms with E-state index in [1.807, 2.05) is 0 Å². The zero-order valence-electron chi connectivity index (χ0n) is 7.31. The third-order valence-electron chi connectivity index (χ3n) is 2.22. The number of nitrogens with zero attached hydrogens (tertiary/aromatic N) is 1. The van der Waals surface area contributed by atoms with Crippen molar-refractivity contribution in [3.05, 3.63) is 5.21 Å². The van der Waals surface area contributed by atoms with E-state index in [1.165, 1.54) is 12.8 Å². The van der Waals surface area contributed by atoms with Crippen LogP contribution in [0.1, 0.15) is 32.6 Å². The Bertz CT molecular complexity index is 111. The van der Waals surface area contributed by atoms with Gasteiger partial charge in [0.2, 0.25) is 0 Å². The molecular weight excluding hydrogens is 140 g/mol. The van der Waals surface area contributed by atoms with Crippen molar-refractivity contribution in [3.8, 4) is 0 Å². The van der Waals surface area contributed by atoms with Crippen LogP contribution in [0.5, 0.6) is 0 Å². The van der Waals surface area contributed by atoms with Crippen molar-refractivity contribution in [2.45, 2.75) is 32.6 Å². The van der Waals surface area contributed by atoms with E-state index in [0.717, 1.165) is 32.5 Å². The van der Waals surface area contributed by atoms with Crippen molar-refractivity contribution in [2.24, 2.45) is 0 Å². The van der Waals surface area contributed by atoms with Crippen molar-refractivity contribution >= 4 is 0 Å². The van der Waals surface area contributed by atoms with Gasteiger partial charge in [-0.2, -0.15) is 5.43 Å². The lowest BCUT2D eigenvalue weighted by molar-refractivity contribution is -0.911. The van der Waals surface area contributed by atoms with E-state index < -0.39 is 0 Å². The number of quaternary nitrogens is 1. The summed E-state index contributed by atoms with van der Waals surface area (Å²) in [6, 6.07) is 0. The zero-order valence-corrected chi connectivity index (χ0v) is 7.31. The molecule has 0 saturated carbocycles. The molecule has 0 spiro atoms. The van der Waals surface area contributed by atoms with Crippen molar-refractivity contribution in [3.63, 3.8) is 0 Å². The van der Waals surface area contributed by atoms with E-state index in [2.05, 4.69) is 12.3 Å². The van der Waals surface area contributed by atoms with Gasteiger partial charge in [0.1, 0.15) is 0 Å². The molecule has 0 radical (unpaired) electrons. The summed E-state index contributed by atoms with van der Waals surface area (Å²) in [6.07, 6.45) is 4.48. The highest BCUT2D eigenvalue weighted by Gasteiger charge is 2.21. The standard InChI is InChI=1S/C8H18N2O/c1-2-3-4-7-10(11)8-5-6-9-10/h9H,2-8H2,1H3. The minimum Gasteiger partial charge on any atom is -0.612 e. The van der Waals surface area contributed by atoms with Gasteiger partial charge in [-0.3, -0.25) is 4.76 Å². The summed E-state index contributed by atoms with van der Waals surface area (Å²) >= 11 is 0. The Hall–Kier alpha value is -0.120. The average Bonchev–Trinajstić information content (AvgIpc) is 2.38. The third-order valence-corrected chi connectivity index (χ3v) is 2.22. The molecule has 11 heavy (non-hydrogen) atoms. The fourth-order valence-electron chi connectivity index (χ4n) is 1.50. The highest BCUT2D eigenvalue weighted by molar-refractivity contribution is 4.51. The molecule has 0 aromatic rings. The molecule has 1 aliphatic rings.